The molecule has 1 fully saturated rings. The number of nitrogens with two attached hydrogens (primary N) is 1. The minimum absolute atomic E-state index is 0.0140. The number of aryl methyl sites for hydroxylation is 1. The van der Waals surface area contributed by atoms with Crippen LogP contribution in [0.25, 0.3) is 27.9 Å². The van der Waals surface area contributed by atoms with Gasteiger partial charge in [-0.2, -0.15) is 0 Å². The van der Waals surface area contributed by atoms with Crippen LogP contribution in [0.3, 0.4) is 0 Å². The van der Waals surface area contributed by atoms with Gasteiger partial charge in [0.15, 0.2) is 0 Å². The summed E-state index contributed by atoms with van der Waals surface area (Å²) in [7, 11) is 1.98. The third-order valence-corrected chi connectivity index (χ3v) is 7.65. The minimum atomic E-state index is -0.208. The zero-order valence-corrected chi connectivity index (χ0v) is 21.8. The van der Waals surface area contributed by atoms with Crippen LogP contribution in [0.4, 0.5) is 11.5 Å². The Morgan fingerprint density at radius 1 is 1.14 bits per heavy atom. The van der Waals surface area contributed by atoms with Gasteiger partial charge in [0.25, 0.3) is 5.91 Å². The maximum absolute atomic E-state index is 13.1. The van der Waals surface area contributed by atoms with E-state index in [1.54, 1.807) is 6.92 Å². The number of likely N-dealkylation sites (tertiary alicyclic amines) is 1. The van der Waals surface area contributed by atoms with Crippen LogP contribution < -0.4 is 11.1 Å². The molecule has 1 aliphatic heterocycles. The average molecular weight is 499 g/mol. The Morgan fingerprint density at radius 3 is 2.49 bits per heavy atom. The van der Waals surface area contributed by atoms with E-state index < -0.39 is 0 Å². The van der Waals surface area contributed by atoms with Gasteiger partial charge >= 0.3 is 0 Å². The third-order valence-electron chi connectivity index (χ3n) is 7.65. The third kappa shape index (κ3) is 4.52. The summed E-state index contributed by atoms with van der Waals surface area (Å²) in [6, 6.07) is 7.75. The zero-order valence-electron chi connectivity index (χ0n) is 21.8. The molecule has 2 aromatic heterocycles. The summed E-state index contributed by atoms with van der Waals surface area (Å²) < 4.78 is 2.05. The Bertz CT molecular complexity index is 1410. The molecule has 0 bridgehead atoms. The van der Waals surface area contributed by atoms with E-state index in [0.717, 1.165) is 60.2 Å². The van der Waals surface area contributed by atoms with Crippen molar-refractivity contribution in [3.8, 4) is 11.3 Å². The Morgan fingerprint density at radius 2 is 1.84 bits per heavy atom. The number of rotatable bonds is 5. The second-order valence-corrected chi connectivity index (χ2v) is 10.3. The highest BCUT2D eigenvalue weighted by Gasteiger charge is 2.33. The summed E-state index contributed by atoms with van der Waals surface area (Å²) >= 11 is 0. The standard InChI is InChI=1S/C29H34N6O2/c1-17(2)28(36)33-21-10-7-19(8-11-21)25-23(24-26(30)31-16-32-27(24)34(25)4)22-12-9-20(15-18(22)3)29(37)35-13-5-6-14-35/h7-8,10-12,16,18,20H,1,5-6,9,13-15H2,2-4H3,(H,33,36)(H2,30,31,32)/t18-,20-/m0/s1. The first kappa shape index (κ1) is 24.7. The first-order valence-corrected chi connectivity index (χ1v) is 12.9. The first-order chi connectivity index (χ1) is 17.8. The fourth-order valence-electron chi connectivity index (χ4n) is 5.71. The molecule has 37 heavy (non-hydrogen) atoms. The second kappa shape index (κ2) is 9.84. The van der Waals surface area contributed by atoms with Crippen LogP contribution in [0.5, 0.6) is 0 Å². The Labute approximate surface area is 217 Å². The van der Waals surface area contributed by atoms with Gasteiger partial charge in [-0.25, -0.2) is 9.97 Å². The van der Waals surface area contributed by atoms with Crippen LogP contribution in [0.1, 0.15) is 45.1 Å². The molecule has 3 N–H and O–H groups in total. The molecule has 2 amide bonds. The molecule has 192 valence electrons. The van der Waals surface area contributed by atoms with Crippen molar-refractivity contribution in [3.63, 3.8) is 0 Å². The number of hydrogen-bond donors (Lipinski definition) is 2. The van der Waals surface area contributed by atoms with Crippen LogP contribution in [-0.4, -0.2) is 44.3 Å². The van der Waals surface area contributed by atoms with Gasteiger partial charge in [0.2, 0.25) is 5.91 Å². The molecule has 1 saturated heterocycles. The number of benzene rings is 1. The summed E-state index contributed by atoms with van der Waals surface area (Å²) in [5.74, 6) is 0.701. The maximum atomic E-state index is 13.1. The summed E-state index contributed by atoms with van der Waals surface area (Å²) in [5.41, 5.74) is 12.5. The number of anilines is 2. The van der Waals surface area contributed by atoms with Gasteiger partial charge in [0.05, 0.1) is 11.1 Å². The quantitative estimate of drug-likeness (QED) is 0.492. The first-order valence-electron chi connectivity index (χ1n) is 12.9. The van der Waals surface area contributed by atoms with Crippen molar-refractivity contribution >= 4 is 39.9 Å². The van der Waals surface area contributed by atoms with Gasteiger partial charge in [-0.05, 0) is 61.8 Å². The SMILES string of the molecule is C=C(C)C(=O)Nc1ccc(-c2c(C3=CC[C@H](C(=O)N4CCCC4)C[C@@H]3C)c3c(N)ncnc3n2C)cc1. The highest BCUT2D eigenvalue weighted by molar-refractivity contribution is 6.05. The molecule has 0 radical (unpaired) electrons. The van der Waals surface area contributed by atoms with Crippen molar-refractivity contribution in [3.05, 3.63) is 54.4 Å². The van der Waals surface area contributed by atoms with Gasteiger partial charge in [-0.15, -0.1) is 0 Å². The molecule has 2 aliphatic rings. The molecule has 0 saturated carbocycles. The van der Waals surface area contributed by atoms with E-state index >= 15 is 0 Å². The van der Waals surface area contributed by atoms with Gasteiger partial charge in [-0.3, -0.25) is 9.59 Å². The molecule has 0 unspecified atom stereocenters. The smallest absolute Gasteiger partial charge is 0.250 e. The molecule has 8 heteroatoms. The largest absolute Gasteiger partial charge is 0.383 e. The number of fused-ring (bicyclic) bond motifs is 1. The maximum Gasteiger partial charge on any atom is 0.250 e. The van der Waals surface area contributed by atoms with E-state index in [1.807, 2.05) is 36.2 Å². The Kier molecular flexibility index (Phi) is 6.58. The second-order valence-electron chi connectivity index (χ2n) is 10.3. The van der Waals surface area contributed by atoms with Crippen LogP contribution in [0.15, 0.2) is 48.8 Å². The van der Waals surface area contributed by atoms with E-state index in [2.05, 4.69) is 39.4 Å². The molecular formula is C29H34N6O2. The van der Waals surface area contributed by atoms with Crippen LogP contribution in [0, 0.1) is 11.8 Å². The lowest BCUT2D eigenvalue weighted by Crippen LogP contribution is -2.35. The molecule has 1 aromatic carbocycles. The summed E-state index contributed by atoms with van der Waals surface area (Å²) in [6.45, 7) is 9.33. The van der Waals surface area contributed by atoms with Crippen molar-refractivity contribution in [2.24, 2.45) is 18.9 Å². The molecular weight excluding hydrogens is 464 g/mol. The summed E-state index contributed by atoms with van der Waals surface area (Å²) in [4.78, 5) is 36.1. The number of nitrogen functional groups attached to an aromatic ring is 1. The number of aromatic nitrogens is 3. The summed E-state index contributed by atoms with van der Waals surface area (Å²) in [6.07, 6.45) is 7.43. The molecule has 0 spiro atoms. The van der Waals surface area contributed by atoms with Crippen molar-refractivity contribution in [2.45, 2.75) is 39.5 Å². The number of amides is 2. The Balaban J connectivity index is 1.56. The van der Waals surface area contributed by atoms with E-state index in [-0.39, 0.29) is 23.7 Å². The normalized spacial score (nSPS) is 19.6. The zero-order chi connectivity index (χ0) is 26.3. The van der Waals surface area contributed by atoms with E-state index in [0.29, 0.717) is 23.5 Å². The van der Waals surface area contributed by atoms with E-state index in [1.165, 1.54) is 11.9 Å². The van der Waals surface area contributed by atoms with Crippen molar-refractivity contribution in [1.82, 2.24) is 19.4 Å². The predicted octanol–water partition coefficient (Wildman–Crippen LogP) is 4.78. The van der Waals surface area contributed by atoms with Gasteiger partial charge in [-0.1, -0.05) is 31.7 Å². The van der Waals surface area contributed by atoms with Crippen LogP contribution in [0.2, 0.25) is 0 Å². The molecule has 2 atom stereocenters. The number of nitrogens with one attached hydrogen (secondary N) is 1. The fraction of sp³-hybridized carbons (Fsp3) is 0.379. The highest BCUT2D eigenvalue weighted by Crippen LogP contribution is 2.45. The topological polar surface area (TPSA) is 106 Å². The van der Waals surface area contributed by atoms with Gasteiger partial charge in [0.1, 0.15) is 17.8 Å². The van der Waals surface area contributed by atoms with Crippen LogP contribution >= 0.6 is 0 Å². The van der Waals surface area contributed by atoms with Gasteiger partial charge < -0.3 is 20.5 Å². The lowest BCUT2D eigenvalue weighted by molar-refractivity contribution is -0.134. The number of carbonyl (C=O) groups excluding carboxylic acids is 2. The van der Waals surface area contributed by atoms with Crippen molar-refractivity contribution in [2.75, 3.05) is 24.1 Å². The lowest BCUT2D eigenvalue weighted by Gasteiger charge is -2.30. The molecule has 5 rings (SSSR count). The molecule has 3 aromatic rings. The average Bonchev–Trinajstić information content (AvgIpc) is 3.52. The fourth-order valence-corrected chi connectivity index (χ4v) is 5.71. The summed E-state index contributed by atoms with van der Waals surface area (Å²) in [5, 5.41) is 3.69. The van der Waals surface area contributed by atoms with Crippen molar-refractivity contribution in [1.29, 1.82) is 0 Å². The van der Waals surface area contributed by atoms with E-state index in [4.69, 9.17) is 5.73 Å². The molecule has 8 nitrogen and oxygen atoms in total. The predicted molar refractivity (Wildman–Crippen MR) is 147 cm³/mol. The Hall–Kier alpha value is -3.94. The van der Waals surface area contributed by atoms with E-state index in [9.17, 15) is 9.59 Å². The lowest BCUT2D eigenvalue weighted by atomic mass is 9.77. The number of nitrogens with zero attached hydrogens (tertiary/aromatic N) is 4. The monoisotopic (exact) mass is 498 g/mol. The number of hydrogen-bond acceptors (Lipinski definition) is 5. The van der Waals surface area contributed by atoms with Crippen molar-refractivity contribution < 1.29 is 9.59 Å². The van der Waals surface area contributed by atoms with Crippen LogP contribution in [-0.2, 0) is 16.6 Å². The number of allylic oxidation sites excluding steroid dienone is 2. The number of carbonyl (C=O) groups is 2. The molecule has 1 aliphatic carbocycles. The van der Waals surface area contributed by atoms with Gasteiger partial charge in [0, 0.05) is 42.9 Å². The highest BCUT2D eigenvalue weighted by atomic mass is 16.2. The minimum Gasteiger partial charge on any atom is -0.383 e. The molecule has 3 heterocycles.